The molecule has 1 atom stereocenters. The normalized spacial score (nSPS) is 11.5. The van der Waals surface area contributed by atoms with Gasteiger partial charge in [-0.05, 0) is 49.9 Å². The summed E-state index contributed by atoms with van der Waals surface area (Å²) in [5, 5.41) is 5.51. The van der Waals surface area contributed by atoms with E-state index >= 15 is 0 Å². The van der Waals surface area contributed by atoms with E-state index in [4.69, 9.17) is 18.9 Å². The minimum absolute atomic E-state index is 0.0455. The van der Waals surface area contributed by atoms with Gasteiger partial charge in [0, 0.05) is 25.2 Å². The second-order valence-electron chi connectivity index (χ2n) is 8.96. The zero-order valence-electron chi connectivity index (χ0n) is 21.4. The van der Waals surface area contributed by atoms with E-state index in [0.717, 1.165) is 25.0 Å². The topological polar surface area (TPSA) is 129 Å². The van der Waals surface area contributed by atoms with Gasteiger partial charge in [0.05, 0.1) is 26.4 Å². The molecule has 0 rings (SSSR count). The summed E-state index contributed by atoms with van der Waals surface area (Å²) in [4.78, 5) is 45.4. The van der Waals surface area contributed by atoms with Gasteiger partial charge in [0.2, 0.25) is 0 Å². The third kappa shape index (κ3) is 20.1. The van der Waals surface area contributed by atoms with Gasteiger partial charge in [0.15, 0.2) is 0 Å². The van der Waals surface area contributed by atoms with Gasteiger partial charge in [0.25, 0.3) is 0 Å². The lowest BCUT2D eigenvalue weighted by molar-refractivity contribution is -0.138. The number of esters is 2. The number of ether oxygens (including phenoxy) is 4. The van der Waals surface area contributed by atoms with E-state index in [-0.39, 0.29) is 37.8 Å². The van der Waals surface area contributed by atoms with Crippen LogP contribution in [0.2, 0.25) is 0 Å². The van der Waals surface area contributed by atoms with Crippen molar-refractivity contribution in [2.75, 3.05) is 39.5 Å². The average molecular weight is 499 g/mol. The Morgan fingerprint density at radius 2 is 1.20 bits per heavy atom. The molecule has 0 aliphatic carbocycles. The Bertz CT molecular complexity index is 678. The van der Waals surface area contributed by atoms with Crippen LogP contribution in [-0.2, 0) is 28.5 Å². The summed E-state index contributed by atoms with van der Waals surface area (Å²) in [6.07, 6.45) is 5.28. The lowest BCUT2D eigenvalue weighted by Crippen LogP contribution is -2.33. The Labute approximate surface area is 208 Å². The maximum Gasteiger partial charge on any atom is 0.407 e. The molecule has 0 radical (unpaired) electrons. The van der Waals surface area contributed by atoms with Crippen LogP contribution in [0.5, 0.6) is 0 Å². The molecule has 10 heteroatoms. The van der Waals surface area contributed by atoms with E-state index in [9.17, 15) is 19.2 Å². The highest BCUT2D eigenvalue weighted by Crippen LogP contribution is 2.28. The molecule has 10 nitrogen and oxygen atoms in total. The van der Waals surface area contributed by atoms with Crippen molar-refractivity contribution < 1.29 is 38.1 Å². The Hall–Kier alpha value is -3.04. The number of nitrogens with one attached hydrogen (secondary N) is 2. The van der Waals surface area contributed by atoms with Gasteiger partial charge >= 0.3 is 24.1 Å². The van der Waals surface area contributed by atoms with Gasteiger partial charge in [0.1, 0.15) is 0 Å². The predicted molar refractivity (Wildman–Crippen MR) is 132 cm³/mol. The zero-order valence-corrected chi connectivity index (χ0v) is 21.4. The van der Waals surface area contributed by atoms with Crippen molar-refractivity contribution in [3.8, 4) is 0 Å². The first kappa shape index (κ1) is 32.0. The SMILES string of the molecule is C=CC(=O)OCCCCOC(=O)NCCC(C)(C)CC(C)CNC(=O)OCCCCOC(=O)C=C. The zero-order chi connectivity index (χ0) is 26.5. The highest BCUT2D eigenvalue weighted by molar-refractivity contribution is 5.81. The molecular formula is C25H42N2O8. The first-order chi connectivity index (χ1) is 16.6. The third-order valence-electron chi connectivity index (χ3n) is 4.93. The molecule has 0 aromatic rings. The minimum atomic E-state index is -0.472. The molecule has 0 aromatic heterocycles. The number of hydrogen-bond donors (Lipinski definition) is 2. The molecule has 200 valence electrons. The number of alkyl carbamates (subject to hydrolysis) is 2. The van der Waals surface area contributed by atoms with Crippen molar-refractivity contribution in [1.29, 1.82) is 0 Å². The minimum Gasteiger partial charge on any atom is -0.463 e. The van der Waals surface area contributed by atoms with Crippen molar-refractivity contribution in [1.82, 2.24) is 10.6 Å². The van der Waals surface area contributed by atoms with Crippen molar-refractivity contribution >= 4 is 24.1 Å². The van der Waals surface area contributed by atoms with Crippen LogP contribution in [-0.4, -0.2) is 63.6 Å². The molecule has 0 saturated heterocycles. The third-order valence-corrected chi connectivity index (χ3v) is 4.93. The summed E-state index contributed by atoms with van der Waals surface area (Å²) < 4.78 is 19.9. The Morgan fingerprint density at radius 1 is 0.771 bits per heavy atom. The number of rotatable bonds is 19. The van der Waals surface area contributed by atoms with E-state index in [0.29, 0.717) is 38.8 Å². The first-order valence-corrected chi connectivity index (χ1v) is 12.0. The molecule has 2 amide bonds. The average Bonchev–Trinajstić information content (AvgIpc) is 2.81. The van der Waals surface area contributed by atoms with Gasteiger partial charge in [-0.25, -0.2) is 19.2 Å². The van der Waals surface area contributed by atoms with Crippen molar-refractivity contribution in [2.24, 2.45) is 11.3 Å². The largest absolute Gasteiger partial charge is 0.463 e. The van der Waals surface area contributed by atoms with Crippen molar-refractivity contribution in [3.05, 3.63) is 25.3 Å². The number of hydrogen-bond acceptors (Lipinski definition) is 8. The first-order valence-electron chi connectivity index (χ1n) is 12.0. The van der Waals surface area contributed by atoms with Crippen LogP contribution in [0.3, 0.4) is 0 Å². The van der Waals surface area contributed by atoms with Crippen LogP contribution in [0.1, 0.15) is 59.3 Å². The fourth-order valence-electron chi connectivity index (χ4n) is 3.18. The number of amides is 2. The molecule has 0 aliphatic heterocycles. The monoisotopic (exact) mass is 498 g/mol. The second-order valence-corrected chi connectivity index (χ2v) is 8.96. The second kappa shape index (κ2) is 19.3. The van der Waals surface area contributed by atoms with Crippen molar-refractivity contribution in [3.63, 3.8) is 0 Å². The number of carbonyl (C=O) groups excluding carboxylic acids is 4. The molecule has 1 unspecified atom stereocenters. The highest BCUT2D eigenvalue weighted by Gasteiger charge is 2.22. The summed E-state index contributed by atoms with van der Waals surface area (Å²) in [6, 6.07) is 0. The maximum absolute atomic E-state index is 11.8. The van der Waals surface area contributed by atoms with Crippen LogP contribution in [0, 0.1) is 11.3 Å². The van der Waals surface area contributed by atoms with Crippen LogP contribution in [0.4, 0.5) is 9.59 Å². The van der Waals surface area contributed by atoms with Crippen LogP contribution < -0.4 is 10.6 Å². The van der Waals surface area contributed by atoms with Crippen LogP contribution in [0.15, 0.2) is 25.3 Å². The quantitative estimate of drug-likeness (QED) is 0.119. The molecule has 35 heavy (non-hydrogen) atoms. The van der Waals surface area contributed by atoms with Crippen LogP contribution >= 0.6 is 0 Å². The van der Waals surface area contributed by atoms with Crippen molar-refractivity contribution in [2.45, 2.75) is 59.3 Å². The summed E-state index contributed by atoms with van der Waals surface area (Å²) in [5.41, 5.74) is -0.0455. The van der Waals surface area contributed by atoms with Crippen LogP contribution in [0.25, 0.3) is 0 Å². The van der Waals surface area contributed by atoms with Gasteiger partial charge in [-0.2, -0.15) is 0 Å². The number of unbranched alkanes of at least 4 members (excludes halogenated alkanes) is 2. The molecule has 0 aromatic carbocycles. The summed E-state index contributed by atoms with van der Waals surface area (Å²) >= 11 is 0. The van der Waals surface area contributed by atoms with Gasteiger partial charge in [-0.1, -0.05) is 33.9 Å². The summed E-state index contributed by atoms with van der Waals surface area (Å²) in [6.45, 7) is 14.9. The Morgan fingerprint density at radius 3 is 1.66 bits per heavy atom. The van der Waals surface area contributed by atoms with Gasteiger partial charge in [-0.3, -0.25) is 0 Å². The maximum atomic E-state index is 11.8. The number of carbonyl (C=O) groups is 4. The van der Waals surface area contributed by atoms with Gasteiger partial charge in [-0.15, -0.1) is 0 Å². The summed E-state index contributed by atoms with van der Waals surface area (Å²) in [7, 11) is 0. The predicted octanol–water partition coefficient (Wildman–Crippen LogP) is 3.90. The lowest BCUT2D eigenvalue weighted by atomic mass is 9.80. The van der Waals surface area contributed by atoms with E-state index < -0.39 is 24.1 Å². The van der Waals surface area contributed by atoms with E-state index in [1.165, 1.54) is 0 Å². The summed E-state index contributed by atoms with van der Waals surface area (Å²) in [5.74, 6) is -0.708. The van der Waals surface area contributed by atoms with E-state index in [1.54, 1.807) is 0 Å². The van der Waals surface area contributed by atoms with E-state index in [2.05, 4.69) is 37.6 Å². The molecule has 0 spiro atoms. The molecule has 2 N–H and O–H groups in total. The molecule has 0 aliphatic rings. The smallest absolute Gasteiger partial charge is 0.407 e. The van der Waals surface area contributed by atoms with Gasteiger partial charge < -0.3 is 29.6 Å². The Balaban J connectivity index is 3.83. The molecule has 0 saturated carbocycles. The highest BCUT2D eigenvalue weighted by atomic mass is 16.6. The Kier molecular flexibility index (Phi) is 17.6. The molecule has 0 bridgehead atoms. The fraction of sp³-hybridized carbons (Fsp3) is 0.680. The molecular weight excluding hydrogens is 456 g/mol. The lowest BCUT2D eigenvalue weighted by Gasteiger charge is -2.28. The molecule has 0 fully saturated rings. The standard InChI is InChI=1S/C25H42N2O8/c1-6-21(28)32-14-8-10-16-34-23(30)26-13-12-25(4,5)18-20(3)19-27-24(31)35-17-11-9-15-33-22(29)7-2/h6-7,20H,1-2,8-19H2,3-5H3,(H,26,30)(H,27,31). The fourth-order valence-corrected chi connectivity index (χ4v) is 3.18. The molecule has 0 heterocycles. The van der Waals surface area contributed by atoms with E-state index in [1.807, 2.05) is 6.92 Å².